The van der Waals surface area contributed by atoms with Crippen LogP contribution in [0.5, 0.6) is 0 Å². The highest BCUT2D eigenvalue weighted by Crippen LogP contribution is 2.33. The second-order valence-corrected chi connectivity index (χ2v) is 8.09. The highest BCUT2D eigenvalue weighted by atomic mass is 15.2. The molecule has 32 heavy (non-hydrogen) atoms. The van der Waals surface area contributed by atoms with Crippen LogP contribution >= 0.6 is 0 Å². The van der Waals surface area contributed by atoms with Crippen molar-refractivity contribution in [3.63, 3.8) is 0 Å². The Bertz CT molecular complexity index is 1210. The van der Waals surface area contributed by atoms with Crippen LogP contribution in [0.25, 0.3) is 33.7 Å². The van der Waals surface area contributed by atoms with Gasteiger partial charge >= 0.3 is 0 Å². The third-order valence-electron chi connectivity index (χ3n) is 6.00. The average molecular weight is 426 g/mol. The second-order valence-electron chi connectivity index (χ2n) is 8.09. The van der Waals surface area contributed by atoms with Crippen molar-refractivity contribution in [2.24, 2.45) is 0 Å². The number of allylic oxidation sites excluding steroid dienone is 7. The monoisotopic (exact) mass is 425 g/mol. The highest BCUT2D eigenvalue weighted by molar-refractivity contribution is 5.93. The van der Waals surface area contributed by atoms with Crippen molar-refractivity contribution in [1.29, 1.82) is 0 Å². The fraction of sp³-hybridized carbons (Fsp3) is 0.259. The van der Waals surface area contributed by atoms with E-state index in [9.17, 15) is 0 Å². The van der Waals surface area contributed by atoms with Crippen molar-refractivity contribution >= 4 is 22.3 Å². The third kappa shape index (κ3) is 4.24. The molecule has 3 aromatic rings. The van der Waals surface area contributed by atoms with Gasteiger partial charge in [-0.15, -0.1) is 0 Å². The Morgan fingerprint density at radius 1 is 1.12 bits per heavy atom. The van der Waals surface area contributed by atoms with Crippen LogP contribution < -0.4 is 0 Å². The maximum Gasteiger partial charge on any atom is 0.181 e. The topological polar surface area (TPSA) is 60.6 Å². The van der Waals surface area contributed by atoms with Gasteiger partial charge in [-0.25, -0.2) is 4.98 Å². The average Bonchev–Trinajstić information content (AvgIpc) is 3.41. The lowest BCUT2D eigenvalue weighted by molar-refractivity contribution is 0.326. The zero-order valence-corrected chi connectivity index (χ0v) is 19.0. The normalized spacial score (nSPS) is 15.6. The molecule has 0 aromatic carbocycles. The second kappa shape index (κ2) is 9.69. The number of aromatic nitrogens is 4. The minimum atomic E-state index is 0.707. The Kier molecular flexibility index (Phi) is 6.55. The molecule has 0 aliphatic carbocycles. The summed E-state index contributed by atoms with van der Waals surface area (Å²) >= 11 is 0. The first kappa shape index (κ1) is 21.6. The van der Waals surface area contributed by atoms with Gasteiger partial charge in [0.15, 0.2) is 5.65 Å². The van der Waals surface area contributed by atoms with E-state index in [0.29, 0.717) is 5.65 Å². The van der Waals surface area contributed by atoms with Gasteiger partial charge in [-0.1, -0.05) is 43.5 Å². The number of hydrogen-bond donors (Lipinski definition) is 2. The van der Waals surface area contributed by atoms with Crippen LogP contribution in [0.1, 0.15) is 43.0 Å². The van der Waals surface area contributed by atoms with Crippen LogP contribution in [0.3, 0.4) is 0 Å². The van der Waals surface area contributed by atoms with Crippen molar-refractivity contribution < 1.29 is 0 Å². The number of nitrogens with zero attached hydrogens (tertiary/aromatic N) is 3. The van der Waals surface area contributed by atoms with E-state index < -0.39 is 0 Å². The van der Waals surface area contributed by atoms with Gasteiger partial charge in [-0.05, 0) is 56.9 Å². The molecule has 0 amide bonds. The minimum absolute atomic E-state index is 0.707. The zero-order valence-electron chi connectivity index (χ0n) is 19.0. The van der Waals surface area contributed by atoms with Gasteiger partial charge in [-0.2, -0.15) is 5.10 Å². The molecule has 0 radical (unpaired) electrons. The summed E-state index contributed by atoms with van der Waals surface area (Å²) in [5, 5.41) is 8.63. The van der Waals surface area contributed by atoms with E-state index in [1.165, 1.54) is 30.5 Å². The van der Waals surface area contributed by atoms with Crippen molar-refractivity contribution in [1.82, 2.24) is 25.1 Å². The summed E-state index contributed by atoms with van der Waals surface area (Å²) in [7, 11) is 0. The van der Waals surface area contributed by atoms with Crippen LogP contribution in [0.15, 0.2) is 67.9 Å². The van der Waals surface area contributed by atoms with Crippen LogP contribution in [0.2, 0.25) is 0 Å². The predicted molar refractivity (Wildman–Crippen MR) is 135 cm³/mol. The number of hydrogen-bond acceptors (Lipinski definition) is 3. The van der Waals surface area contributed by atoms with Crippen molar-refractivity contribution in [3.05, 3.63) is 84.8 Å². The molecule has 4 heterocycles. The van der Waals surface area contributed by atoms with Crippen molar-refractivity contribution in [2.75, 3.05) is 13.1 Å². The summed E-state index contributed by atoms with van der Waals surface area (Å²) in [4.78, 5) is 10.6. The van der Waals surface area contributed by atoms with E-state index in [-0.39, 0.29) is 0 Å². The summed E-state index contributed by atoms with van der Waals surface area (Å²) in [6.45, 7) is 14.0. The minimum Gasteiger partial charge on any atom is -0.371 e. The number of pyridine rings is 1. The molecule has 5 heteroatoms. The molecule has 0 bridgehead atoms. The molecular formula is C27H31N5. The maximum atomic E-state index is 4.58. The molecule has 1 aliphatic rings. The summed E-state index contributed by atoms with van der Waals surface area (Å²) in [5.41, 5.74) is 8.37. The summed E-state index contributed by atoms with van der Waals surface area (Å²) in [6.07, 6.45) is 17.5. The van der Waals surface area contributed by atoms with Gasteiger partial charge in [0.05, 0.1) is 11.4 Å². The van der Waals surface area contributed by atoms with Gasteiger partial charge in [0.1, 0.15) is 0 Å². The fourth-order valence-corrected chi connectivity index (χ4v) is 4.36. The number of nitrogens with one attached hydrogen (secondary N) is 2. The van der Waals surface area contributed by atoms with E-state index in [2.05, 4.69) is 69.4 Å². The van der Waals surface area contributed by atoms with Crippen molar-refractivity contribution in [2.45, 2.75) is 33.1 Å². The number of fused-ring (bicyclic) bond motifs is 1. The maximum absolute atomic E-state index is 4.58. The molecule has 5 nitrogen and oxygen atoms in total. The standard InChI is InChI=1S/C27H31N5/c1-5-8-13-20(7-3)21-16-23-26(30-31-27(23)28-18-21)24-17-22(19(4)29-24)25(12-6-2)32-14-10-9-11-15-32/h5-8,12-13,16-18,29H,1-2,9-11,14-15H2,3-4H3,(H,28,30,31)/b13-8-,20-7+,25-12+. The molecule has 3 aromatic heterocycles. The predicted octanol–water partition coefficient (Wildman–Crippen LogP) is 6.42. The third-order valence-corrected chi connectivity index (χ3v) is 6.00. The first-order valence-corrected chi connectivity index (χ1v) is 11.2. The Morgan fingerprint density at radius 3 is 2.66 bits per heavy atom. The highest BCUT2D eigenvalue weighted by Gasteiger charge is 2.20. The van der Waals surface area contributed by atoms with Crippen LogP contribution in [0.4, 0.5) is 0 Å². The summed E-state index contributed by atoms with van der Waals surface area (Å²) < 4.78 is 0. The number of piperidine rings is 1. The Labute approximate surface area is 190 Å². The lowest BCUT2D eigenvalue weighted by atomic mass is 10.0. The van der Waals surface area contributed by atoms with Gasteiger partial charge in [0.25, 0.3) is 0 Å². The number of aryl methyl sites for hydroxylation is 1. The molecule has 0 saturated carbocycles. The Hall–Kier alpha value is -3.60. The molecule has 1 saturated heterocycles. The SMILES string of the molecule is C=C/C=C\C(=C/C)c1cnc2n[nH]c(-c3cc(/C(=C\C=C)N4CCCCC4)c(C)[nH]3)c2c1. The van der Waals surface area contributed by atoms with Gasteiger partial charge in [-0.3, -0.25) is 5.10 Å². The van der Waals surface area contributed by atoms with Crippen LogP contribution in [-0.2, 0) is 0 Å². The van der Waals surface area contributed by atoms with E-state index in [4.69, 9.17) is 0 Å². The largest absolute Gasteiger partial charge is 0.371 e. The molecule has 2 N–H and O–H groups in total. The fourth-order valence-electron chi connectivity index (χ4n) is 4.36. The van der Waals surface area contributed by atoms with Crippen LogP contribution in [-0.4, -0.2) is 38.2 Å². The van der Waals surface area contributed by atoms with Crippen molar-refractivity contribution in [3.8, 4) is 11.4 Å². The number of H-pyrrole nitrogens is 2. The van der Waals surface area contributed by atoms with Crippen LogP contribution in [0, 0.1) is 6.92 Å². The lowest BCUT2D eigenvalue weighted by Gasteiger charge is -2.31. The first-order chi connectivity index (χ1) is 15.7. The molecule has 0 spiro atoms. The lowest BCUT2D eigenvalue weighted by Crippen LogP contribution is -2.28. The Morgan fingerprint density at radius 2 is 1.94 bits per heavy atom. The van der Waals surface area contributed by atoms with E-state index in [1.807, 2.05) is 31.3 Å². The quantitative estimate of drug-likeness (QED) is 0.429. The van der Waals surface area contributed by atoms with Gasteiger partial charge in [0, 0.05) is 47.2 Å². The molecule has 164 valence electrons. The zero-order chi connectivity index (χ0) is 22.5. The number of aromatic amines is 2. The Balaban J connectivity index is 1.76. The molecule has 1 fully saturated rings. The number of rotatable bonds is 7. The van der Waals surface area contributed by atoms with Gasteiger partial charge < -0.3 is 9.88 Å². The number of likely N-dealkylation sites (tertiary alicyclic amines) is 1. The van der Waals surface area contributed by atoms with E-state index >= 15 is 0 Å². The molecule has 0 unspecified atom stereocenters. The molecular weight excluding hydrogens is 394 g/mol. The molecule has 4 rings (SSSR count). The van der Waals surface area contributed by atoms with E-state index in [0.717, 1.165) is 46.7 Å². The summed E-state index contributed by atoms with van der Waals surface area (Å²) in [6, 6.07) is 4.36. The first-order valence-electron chi connectivity index (χ1n) is 11.2. The summed E-state index contributed by atoms with van der Waals surface area (Å²) in [5.74, 6) is 0. The smallest absolute Gasteiger partial charge is 0.181 e. The molecule has 0 atom stereocenters. The van der Waals surface area contributed by atoms with E-state index in [1.54, 1.807) is 6.08 Å². The molecule has 1 aliphatic heterocycles. The van der Waals surface area contributed by atoms with Gasteiger partial charge in [0.2, 0.25) is 0 Å².